The lowest BCUT2D eigenvalue weighted by Gasteiger charge is -2.38. The van der Waals surface area contributed by atoms with Crippen molar-refractivity contribution in [1.82, 2.24) is 10.2 Å². The molecule has 4 heteroatoms. The lowest BCUT2D eigenvalue weighted by Crippen LogP contribution is -2.53. The molecular formula is C15H28N2O2. The van der Waals surface area contributed by atoms with E-state index >= 15 is 0 Å². The summed E-state index contributed by atoms with van der Waals surface area (Å²) in [6, 6.07) is 0.328. The summed E-state index contributed by atoms with van der Waals surface area (Å²) in [4.78, 5) is 14.5. The fourth-order valence-electron chi connectivity index (χ4n) is 3.36. The van der Waals surface area contributed by atoms with Crippen LogP contribution in [-0.2, 0) is 4.79 Å². The molecule has 0 aromatic carbocycles. The van der Waals surface area contributed by atoms with Gasteiger partial charge in [-0.25, -0.2) is 0 Å². The molecule has 1 amide bonds. The number of amides is 1. The number of likely N-dealkylation sites (tertiary alicyclic amines) is 1. The van der Waals surface area contributed by atoms with E-state index in [1.54, 1.807) is 0 Å². The summed E-state index contributed by atoms with van der Waals surface area (Å²) in [5.41, 5.74) is 0. The van der Waals surface area contributed by atoms with Crippen LogP contribution < -0.4 is 5.32 Å². The largest absolute Gasteiger partial charge is 0.393 e. The molecule has 0 bridgehead atoms. The second-order valence-corrected chi connectivity index (χ2v) is 6.19. The molecule has 0 spiro atoms. The molecule has 1 heterocycles. The van der Waals surface area contributed by atoms with Crippen LogP contribution in [0.3, 0.4) is 0 Å². The Bertz CT molecular complexity index is 303. The predicted octanol–water partition coefficient (Wildman–Crippen LogP) is 1.53. The first kappa shape index (κ1) is 14.8. The van der Waals surface area contributed by atoms with Crippen molar-refractivity contribution < 1.29 is 9.90 Å². The summed E-state index contributed by atoms with van der Waals surface area (Å²) >= 11 is 0. The van der Waals surface area contributed by atoms with Gasteiger partial charge in [0.1, 0.15) is 0 Å². The summed E-state index contributed by atoms with van der Waals surface area (Å²) < 4.78 is 0. The van der Waals surface area contributed by atoms with Crippen LogP contribution in [0.2, 0.25) is 0 Å². The van der Waals surface area contributed by atoms with Gasteiger partial charge in [-0.2, -0.15) is 0 Å². The van der Waals surface area contributed by atoms with Crippen LogP contribution in [-0.4, -0.2) is 47.2 Å². The molecule has 1 saturated heterocycles. The Morgan fingerprint density at radius 1 is 1.37 bits per heavy atom. The van der Waals surface area contributed by atoms with Crippen LogP contribution in [0.5, 0.6) is 0 Å². The highest BCUT2D eigenvalue weighted by atomic mass is 16.3. The Morgan fingerprint density at radius 3 is 2.68 bits per heavy atom. The summed E-state index contributed by atoms with van der Waals surface area (Å²) in [7, 11) is 0. The van der Waals surface area contributed by atoms with E-state index in [-0.39, 0.29) is 18.1 Å². The maximum absolute atomic E-state index is 12.3. The molecule has 2 rings (SSSR count). The number of nitrogens with zero attached hydrogens (tertiary/aromatic N) is 1. The van der Waals surface area contributed by atoms with Crippen molar-refractivity contribution in [3.8, 4) is 0 Å². The number of nitrogens with one attached hydrogen (secondary N) is 1. The van der Waals surface area contributed by atoms with Crippen molar-refractivity contribution in [3.63, 3.8) is 0 Å². The monoisotopic (exact) mass is 268 g/mol. The summed E-state index contributed by atoms with van der Waals surface area (Å²) in [6.45, 7) is 5.78. The smallest absolute Gasteiger partial charge is 0.237 e. The van der Waals surface area contributed by atoms with Crippen LogP contribution in [0, 0.1) is 5.92 Å². The number of aliphatic hydroxyl groups excluding tert-OH is 1. The van der Waals surface area contributed by atoms with E-state index in [4.69, 9.17) is 0 Å². The van der Waals surface area contributed by atoms with Gasteiger partial charge in [0.2, 0.25) is 5.91 Å². The molecule has 2 N–H and O–H groups in total. The van der Waals surface area contributed by atoms with E-state index < -0.39 is 0 Å². The molecule has 3 unspecified atom stereocenters. The lowest BCUT2D eigenvalue weighted by molar-refractivity contribution is -0.128. The first-order valence-corrected chi connectivity index (χ1v) is 7.84. The Morgan fingerprint density at radius 2 is 2.05 bits per heavy atom. The molecule has 110 valence electrons. The van der Waals surface area contributed by atoms with Crippen LogP contribution in [0.15, 0.2) is 0 Å². The maximum Gasteiger partial charge on any atom is 0.237 e. The molecular weight excluding hydrogens is 240 g/mol. The first-order valence-electron chi connectivity index (χ1n) is 7.84. The summed E-state index contributed by atoms with van der Waals surface area (Å²) in [5, 5.41) is 13.1. The van der Waals surface area contributed by atoms with Gasteiger partial charge in [0.15, 0.2) is 0 Å². The van der Waals surface area contributed by atoms with Crippen LogP contribution in [0.1, 0.15) is 52.4 Å². The number of rotatable bonds is 4. The summed E-state index contributed by atoms with van der Waals surface area (Å²) in [6.07, 6.45) is 6.34. The standard InChI is InChI=1S/C15H28N2O2/c1-3-12-10-17(9-8-14(12)18)11(2)15(19)16-13-6-4-5-7-13/h11-14,18H,3-10H2,1-2H3,(H,16,19). The minimum absolute atomic E-state index is 0.0675. The Kier molecular flexibility index (Phi) is 5.22. The predicted molar refractivity (Wildman–Crippen MR) is 75.8 cm³/mol. The highest BCUT2D eigenvalue weighted by Gasteiger charge is 2.32. The van der Waals surface area contributed by atoms with Gasteiger partial charge in [-0.05, 0) is 38.5 Å². The van der Waals surface area contributed by atoms with Crippen molar-refractivity contribution in [1.29, 1.82) is 0 Å². The van der Waals surface area contributed by atoms with Gasteiger partial charge in [-0.3, -0.25) is 9.69 Å². The molecule has 3 atom stereocenters. The van der Waals surface area contributed by atoms with Crippen LogP contribution >= 0.6 is 0 Å². The maximum atomic E-state index is 12.3. The molecule has 2 aliphatic rings. The number of carbonyl (C=O) groups excluding carboxylic acids is 1. The number of aliphatic hydroxyl groups is 1. The molecule has 1 aliphatic carbocycles. The van der Waals surface area contributed by atoms with Gasteiger partial charge in [0, 0.05) is 19.1 Å². The normalized spacial score (nSPS) is 31.3. The van der Waals surface area contributed by atoms with Gasteiger partial charge < -0.3 is 10.4 Å². The second-order valence-electron chi connectivity index (χ2n) is 6.19. The van der Waals surface area contributed by atoms with E-state index in [1.165, 1.54) is 12.8 Å². The van der Waals surface area contributed by atoms with E-state index in [0.29, 0.717) is 12.0 Å². The van der Waals surface area contributed by atoms with E-state index in [0.717, 1.165) is 38.8 Å². The molecule has 1 saturated carbocycles. The third kappa shape index (κ3) is 3.69. The van der Waals surface area contributed by atoms with Crippen molar-refractivity contribution >= 4 is 5.91 Å². The van der Waals surface area contributed by atoms with Crippen molar-refractivity contribution in [2.45, 2.75) is 70.6 Å². The van der Waals surface area contributed by atoms with Crippen molar-refractivity contribution in [2.75, 3.05) is 13.1 Å². The van der Waals surface area contributed by atoms with Gasteiger partial charge in [-0.15, -0.1) is 0 Å². The second kappa shape index (κ2) is 6.71. The van der Waals surface area contributed by atoms with Gasteiger partial charge in [0.25, 0.3) is 0 Å². The van der Waals surface area contributed by atoms with E-state index in [2.05, 4.69) is 17.1 Å². The number of hydrogen-bond donors (Lipinski definition) is 2. The van der Waals surface area contributed by atoms with Crippen LogP contribution in [0.4, 0.5) is 0 Å². The van der Waals surface area contributed by atoms with Gasteiger partial charge in [-0.1, -0.05) is 19.8 Å². The highest BCUT2D eigenvalue weighted by molar-refractivity contribution is 5.81. The van der Waals surface area contributed by atoms with Gasteiger partial charge in [0.05, 0.1) is 12.1 Å². The van der Waals surface area contributed by atoms with Gasteiger partial charge >= 0.3 is 0 Å². The molecule has 0 aromatic heterocycles. The zero-order chi connectivity index (χ0) is 13.8. The Labute approximate surface area is 116 Å². The van der Waals surface area contributed by atoms with E-state index in [1.807, 2.05) is 6.92 Å². The third-order valence-corrected chi connectivity index (χ3v) is 4.88. The molecule has 0 radical (unpaired) electrons. The van der Waals surface area contributed by atoms with Crippen molar-refractivity contribution in [2.24, 2.45) is 5.92 Å². The topological polar surface area (TPSA) is 52.6 Å². The quantitative estimate of drug-likeness (QED) is 0.813. The summed E-state index contributed by atoms with van der Waals surface area (Å²) in [5.74, 6) is 0.480. The molecule has 1 aliphatic heterocycles. The average molecular weight is 268 g/mol. The molecule has 2 fully saturated rings. The van der Waals surface area contributed by atoms with Crippen LogP contribution in [0.25, 0.3) is 0 Å². The van der Waals surface area contributed by atoms with Crippen molar-refractivity contribution in [3.05, 3.63) is 0 Å². The average Bonchev–Trinajstić information content (AvgIpc) is 2.91. The Hall–Kier alpha value is -0.610. The number of hydrogen-bond acceptors (Lipinski definition) is 3. The Balaban J connectivity index is 1.84. The zero-order valence-electron chi connectivity index (χ0n) is 12.3. The number of piperidine rings is 1. The minimum atomic E-state index is -0.189. The fourth-order valence-corrected chi connectivity index (χ4v) is 3.36. The zero-order valence-corrected chi connectivity index (χ0v) is 12.3. The lowest BCUT2D eigenvalue weighted by atomic mass is 9.91. The SMILES string of the molecule is CCC1CN(C(C)C(=O)NC2CCCC2)CCC1O. The highest BCUT2D eigenvalue weighted by Crippen LogP contribution is 2.22. The van der Waals surface area contributed by atoms with E-state index in [9.17, 15) is 9.90 Å². The third-order valence-electron chi connectivity index (χ3n) is 4.88. The molecule has 0 aromatic rings. The minimum Gasteiger partial charge on any atom is -0.393 e. The molecule has 19 heavy (non-hydrogen) atoms. The molecule has 4 nitrogen and oxygen atoms in total. The first-order chi connectivity index (χ1) is 9.11. The number of carbonyl (C=O) groups is 1. The fraction of sp³-hybridized carbons (Fsp3) is 0.933.